The van der Waals surface area contributed by atoms with Crippen LogP contribution in [0.2, 0.25) is 0 Å². The maximum absolute atomic E-state index is 12.8. The van der Waals surface area contributed by atoms with E-state index in [1.807, 2.05) is 61.5 Å². The Morgan fingerprint density at radius 3 is 2.48 bits per heavy atom. The molecular formula is C20H19N3O2. The lowest BCUT2D eigenvalue weighted by Gasteiger charge is -2.21. The summed E-state index contributed by atoms with van der Waals surface area (Å²) in [6.07, 6.45) is 2.25. The number of para-hydroxylation sites is 1. The van der Waals surface area contributed by atoms with Gasteiger partial charge in [0, 0.05) is 29.3 Å². The third-order valence-corrected chi connectivity index (χ3v) is 4.39. The Labute approximate surface area is 146 Å². The minimum absolute atomic E-state index is 0.0213. The molecule has 5 nitrogen and oxygen atoms in total. The first-order valence-electron chi connectivity index (χ1n) is 8.57. The number of anilines is 1. The minimum atomic E-state index is -0.0213. The van der Waals surface area contributed by atoms with Crippen LogP contribution < -0.4 is 4.90 Å². The van der Waals surface area contributed by atoms with Crippen molar-refractivity contribution in [2.75, 3.05) is 11.4 Å². The molecule has 3 aromatic rings. The van der Waals surface area contributed by atoms with Crippen molar-refractivity contribution in [1.29, 1.82) is 0 Å². The molecule has 0 bridgehead atoms. The van der Waals surface area contributed by atoms with Crippen molar-refractivity contribution in [1.82, 2.24) is 10.1 Å². The van der Waals surface area contributed by atoms with Crippen LogP contribution >= 0.6 is 0 Å². The lowest BCUT2D eigenvalue weighted by atomic mass is 10.1. The third-order valence-electron chi connectivity index (χ3n) is 4.39. The predicted octanol–water partition coefficient (Wildman–Crippen LogP) is 4.28. The summed E-state index contributed by atoms with van der Waals surface area (Å²) in [4.78, 5) is 19.0. The molecule has 1 aromatic heterocycles. The smallest absolute Gasteiger partial charge is 0.258 e. The van der Waals surface area contributed by atoms with Crippen LogP contribution in [0, 0.1) is 0 Å². The van der Waals surface area contributed by atoms with Gasteiger partial charge in [-0.2, -0.15) is 4.98 Å². The van der Waals surface area contributed by atoms with Crippen LogP contribution in [0.5, 0.6) is 0 Å². The highest BCUT2D eigenvalue weighted by Crippen LogP contribution is 2.39. The number of nitrogens with zero attached hydrogens (tertiary/aromatic N) is 3. The molecule has 0 N–H and O–H groups in total. The number of hydrogen-bond acceptors (Lipinski definition) is 4. The van der Waals surface area contributed by atoms with Gasteiger partial charge in [-0.15, -0.1) is 0 Å². The van der Waals surface area contributed by atoms with E-state index in [1.54, 1.807) is 4.90 Å². The summed E-state index contributed by atoms with van der Waals surface area (Å²) < 4.78 is 5.30. The normalized spacial score (nSPS) is 13.6. The summed E-state index contributed by atoms with van der Waals surface area (Å²) >= 11 is 0. The maximum atomic E-state index is 12.8. The average molecular weight is 333 g/mol. The predicted molar refractivity (Wildman–Crippen MR) is 95.5 cm³/mol. The van der Waals surface area contributed by atoms with Gasteiger partial charge in [0.05, 0.1) is 0 Å². The molecule has 4 rings (SSSR count). The van der Waals surface area contributed by atoms with E-state index in [1.165, 1.54) is 0 Å². The highest BCUT2D eigenvalue weighted by atomic mass is 16.5. The van der Waals surface area contributed by atoms with E-state index in [9.17, 15) is 4.79 Å². The number of aromatic nitrogens is 2. The topological polar surface area (TPSA) is 59.2 Å². The second-order valence-corrected chi connectivity index (χ2v) is 6.19. The van der Waals surface area contributed by atoms with E-state index in [2.05, 4.69) is 10.1 Å². The van der Waals surface area contributed by atoms with Crippen molar-refractivity contribution >= 4 is 11.6 Å². The van der Waals surface area contributed by atoms with Gasteiger partial charge in [0.25, 0.3) is 5.91 Å². The Morgan fingerprint density at radius 2 is 1.84 bits per heavy atom. The van der Waals surface area contributed by atoms with Crippen molar-refractivity contribution in [2.45, 2.75) is 25.7 Å². The average Bonchev–Trinajstić information content (AvgIpc) is 3.40. The SMILES string of the molecule is CCN(C(=O)c1ccc(-c2noc(C3CC3)n2)cc1)c1ccccc1. The summed E-state index contributed by atoms with van der Waals surface area (Å²) in [6.45, 7) is 2.58. The van der Waals surface area contributed by atoms with Gasteiger partial charge in [0.1, 0.15) is 0 Å². The fraction of sp³-hybridized carbons (Fsp3) is 0.250. The molecule has 5 heteroatoms. The van der Waals surface area contributed by atoms with Crippen LogP contribution in [0.4, 0.5) is 5.69 Å². The van der Waals surface area contributed by atoms with Crippen molar-refractivity contribution in [3.63, 3.8) is 0 Å². The fourth-order valence-corrected chi connectivity index (χ4v) is 2.82. The van der Waals surface area contributed by atoms with Gasteiger partial charge in [0.15, 0.2) is 0 Å². The van der Waals surface area contributed by atoms with Gasteiger partial charge in [-0.25, -0.2) is 0 Å². The van der Waals surface area contributed by atoms with Crippen LogP contribution in [0.25, 0.3) is 11.4 Å². The first-order valence-corrected chi connectivity index (χ1v) is 8.57. The fourth-order valence-electron chi connectivity index (χ4n) is 2.82. The van der Waals surface area contributed by atoms with Crippen LogP contribution in [0.1, 0.15) is 41.9 Å². The van der Waals surface area contributed by atoms with Crippen molar-refractivity contribution in [3.8, 4) is 11.4 Å². The summed E-state index contributed by atoms with van der Waals surface area (Å²) in [7, 11) is 0. The Morgan fingerprint density at radius 1 is 1.12 bits per heavy atom. The molecule has 1 aliphatic rings. The minimum Gasteiger partial charge on any atom is -0.339 e. The van der Waals surface area contributed by atoms with E-state index >= 15 is 0 Å². The molecule has 0 spiro atoms. The molecule has 126 valence electrons. The quantitative estimate of drug-likeness (QED) is 0.699. The number of hydrogen-bond donors (Lipinski definition) is 0. The largest absolute Gasteiger partial charge is 0.339 e. The third kappa shape index (κ3) is 3.18. The zero-order valence-electron chi connectivity index (χ0n) is 14.1. The lowest BCUT2D eigenvalue weighted by Crippen LogP contribution is -2.30. The molecule has 2 aromatic carbocycles. The van der Waals surface area contributed by atoms with Crippen LogP contribution in [0.3, 0.4) is 0 Å². The molecular weight excluding hydrogens is 314 g/mol. The van der Waals surface area contributed by atoms with Gasteiger partial charge >= 0.3 is 0 Å². The molecule has 1 fully saturated rings. The second-order valence-electron chi connectivity index (χ2n) is 6.19. The Kier molecular flexibility index (Phi) is 4.06. The molecule has 0 atom stereocenters. The molecule has 1 saturated carbocycles. The molecule has 0 radical (unpaired) electrons. The first kappa shape index (κ1) is 15.6. The number of amides is 1. The van der Waals surface area contributed by atoms with Gasteiger partial charge in [-0.3, -0.25) is 4.79 Å². The first-order chi connectivity index (χ1) is 12.3. The molecule has 1 aliphatic carbocycles. The van der Waals surface area contributed by atoms with Gasteiger partial charge in [0.2, 0.25) is 11.7 Å². The molecule has 0 saturated heterocycles. The molecule has 1 heterocycles. The number of carbonyl (C=O) groups is 1. The van der Waals surface area contributed by atoms with Gasteiger partial charge in [-0.1, -0.05) is 35.5 Å². The van der Waals surface area contributed by atoms with Crippen LogP contribution in [-0.2, 0) is 0 Å². The summed E-state index contributed by atoms with van der Waals surface area (Å²) in [6, 6.07) is 17.1. The molecule has 1 amide bonds. The molecule has 25 heavy (non-hydrogen) atoms. The lowest BCUT2D eigenvalue weighted by molar-refractivity contribution is 0.0988. The molecule has 0 aliphatic heterocycles. The number of carbonyl (C=O) groups excluding carboxylic acids is 1. The standard InChI is InChI=1S/C20H19N3O2/c1-2-23(17-6-4-3-5-7-17)20(24)16-12-8-14(9-13-16)18-21-19(25-22-18)15-10-11-15/h3-9,12-13,15H,2,10-11H2,1H3. The Balaban J connectivity index is 1.55. The highest BCUT2D eigenvalue weighted by molar-refractivity contribution is 6.06. The zero-order valence-corrected chi connectivity index (χ0v) is 14.1. The van der Waals surface area contributed by atoms with Gasteiger partial charge < -0.3 is 9.42 Å². The second kappa shape index (κ2) is 6.51. The Bertz CT molecular complexity index is 867. The van der Waals surface area contributed by atoms with E-state index in [-0.39, 0.29) is 5.91 Å². The van der Waals surface area contributed by atoms with Crippen molar-refractivity contribution in [3.05, 3.63) is 66.1 Å². The van der Waals surface area contributed by atoms with Crippen LogP contribution in [-0.4, -0.2) is 22.6 Å². The van der Waals surface area contributed by atoms with Crippen LogP contribution in [0.15, 0.2) is 59.1 Å². The highest BCUT2D eigenvalue weighted by Gasteiger charge is 2.29. The van der Waals surface area contributed by atoms with E-state index < -0.39 is 0 Å². The molecule has 0 unspecified atom stereocenters. The van der Waals surface area contributed by atoms with Gasteiger partial charge in [-0.05, 0) is 44.0 Å². The maximum Gasteiger partial charge on any atom is 0.258 e. The zero-order chi connectivity index (χ0) is 17.2. The summed E-state index contributed by atoms with van der Waals surface area (Å²) in [5, 5.41) is 4.04. The summed E-state index contributed by atoms with van der Waals surface area (Å²) in [5.41, 5.74) is 2.39. The van der Waals surface area contributed by atoms with E-state index in [0.717, 1.165) is 30.0 Å². The van der Waals surface area contributed by atoms with Crippen molar-refractivity contribution < 1.29 is 9.32 Å². The number of rotatable bonds is 5. The summed E-state index contributed by atoms with van der Waals surface area (Å²) in [5.74, 6) is 1.71. The Hall–Kier alpha value is -2.95. The van der Waals surface area contributed by atoms with E-state index in [0.29, 0.717) is 23.9 Å². The monoisotopic (exact) mass is 333 g/mol. The van der Waals surface area contributed by atoms with E-state index in [4.69, 9.17) is 4.52 Å². The van der Waals surface area contributed by atoms with Crippen molar-refractivity contribution in [2.24, 2.45) is 0 Å². The number of benzene rings is 2.